The van der Waals surface area contributed by atoms with Crippen LogP contribution in [0, 0.1) is 3.57 Å². The zero-order valence-corrected chi connectivity index (χ0v) is 13.8. The monoisotopic (exact) mass is 416 g/mol. The summed E-state index contributed by atoms with van der Waals surface area (Å²) in [4.78, 5) is 21.6. The van der Waals surface area contributed by atoms with Gasteiger partial charge in [0.05, 0.1) is 3.57 Å². The second-order valence-corrected chi connectivity index (χ2v) is 7.27. The van der Waals surface area contributed by atoms with E-state index in [9.17, 15) is 8.18 Å². The van der Waals surface area contributed by atoms with Crippen LogP contribution in [0.4, 0.5) is 0 Å². The molecule has 0 atom stereocenters. The van der Waals surface area contributed by atoms with Crippen molar-refractivity contribution in [1.82, 2.24) is 0 Å². The molecule has 2 rings (SSSR count). The van der Waals surface area contributed by atoms with Gasteiger partial charge in [0.25, 0.3) is 0 Å². The van der Waals surface area contributed by atoms with Gasteiger partial charge in [-0.05, 0) is 36.5 Å². The molecule has 0 radical (unpaired) electrons. The molecular formula is C12H18IO6P. The largest absolute Gasteiger partial charge is 0.507 e. The molecule has 4 N–H and O–H groups in total. The summed E-state index contributed by atoms with van der Waals surface area (Å²) in [5.41, 5.74) is 1.22. The van der Waals surface area contributed by atoms with Gasteiger partial charge >= 0.3 is 7.82 Å². The molecule has 1 aromatic carbocycles. The molecule has 114 valence electrons. The minimum absolute atomic E-state index is 0.223. The number of phosphoric acid groups is 1. The van der Waals surface area contributed by atoms with Gasteiger partial charge in [-0.15, -0.1) is 0 Å². The van der Waals surface area contributed by atoms with Crippen molar-refractivity contribution in [2.45, 2.75) is 38.0 Å². The summed E-state index contributed by atoms with van der Waals surface area (Å²) in [7, 11) is -4.64. The van der Waals surface area contributed by atoms with Crippen LogP contribution in [-0.2, 0) is 7.63 Å². The van der Waals surface area contributed by atoms with Crippen LogP contribution in [0.1, 0.15) is 43.6 Å². The number of rotatable bonds is 2. The standard InChI is InChI=1S/C12H15IO2.H3O4P/c14-12-8-10(6-7-11(12)13-15)9-4-2-1-3-5-9;1-5(2,3)4/h6-9,14H,1-5H2;(H3,1,2,3,4). The Kier molecular flexibility index (Phi) is 7.25. The Balaban J connectivity index is 0.000000347. The van der Waals surface area contributed by atoms with Gasteiger partial charge in [-0.3, -0.25) is 3.07 Å². The van der Waals surface area contributed by atoms with Crippen LogP contribution in [0.25, 0.3) is 0 Å². The Hall–Kier alpha value is -0.340. The van der Waals surface area contributed by atoms with Gasteiger partial charge in [0.1, 0.15) is 5.75 Å². The third-order valence-corrected chi connectivity index (χ3v) is 4.52. The van der Waals surface area contributed by atoms with Gasteiger partial charge in [-0.25, -0.2) is 4.57 Å². The van der Waals surface area contributed by atoms with E-state index in [4.69, 9.17) is 19.2 Å². The van der Waals surface area contributed by atoms with Gasteiger partial charge in [-0.2, -0.15) is 0 Å². The molecule has 1 aliphatic rings. The van der Waals surface area contributed by atoms with E-state index >= 15 is 0 Å². The molecule has 1 aromatic rings. The van der Waals surface area contributed by atoms with Crippen molar-refractivity contribution < 1.29 is 27.4 Å². The number of benzene rings is 1. The Labute approximate surface area is 127 Å². The number of aromatic hydroxyl groups is 1. The molecule has 0 spiro atoms. The van der Waals surface area contributed by atoms with Crippen molar-refractivity contribution in [3.05, 3.63) is 27.3 Å². The highest BCUT2D eigenvalue weighted by atomic mass is 127. The quantitative estimate of drug-likeness (QED) is 0.435. The van der Waals surface area contributed by atoms with Crippen molar-refractivity contribution in [2.24, 2.45) is 0 Å². The lowest BCUT2D eigenvalue weighted by molar-refractivity contribution is 0.275. The van der Waals surface area contributed by atoms with E-state index in [1.807, 2.05) is 18.2 Å². The second kappa shape index (κ2) is 8.19. The smallest absolute Gasteiger partial charge is 0.466 e. The molecule has 1 aliphatic carbocycles. The van der Waals surface area contributed by atoms with Crippen LogP contribution in [0.5, 0.6) is 5.75 Å². The zero-order chi connectivity index (χ0) is 15.2. The van der Waals surface area contributed by atoms with E-state index in [2.05, 4.69) is 0 Å². The lowest BCUT2D eigenvalue weighted by atomic mass is 9.84. The van der Waals surface area contributed by atoms with Crippen LogP contribution >= 0.6 is 29.0 Å². The van der Waals surface area contributed by atoms with Crippen LogP contribution in [-0.4, -0.2) is 19.8 Å². The Morgan fingerprint density at radius 3 is 2.10 bits per heavy atom. The molecule has 0 bridgehead atoms. The topological polar surface area (TPSA) is 115 Å². The third kappa shape index (κ3) is 6.90. The van der Waals surface area contributed by atoms with Crippen LogP contribution < -0.4 is 0 Å². The average Bonchev–Trinajstić information content (AvgIpc) is 2.38. The van der Waals surface area contributed by atoms with E-state index in [0.717, 1.165) is 0 Å². The maximum absolute atomic E-state index is 10.8. The summed E-state index contributed by atoms with van der Waals surface area (Å²) in [5.74, 6) is 0.824. The number of halogens is 1. The van der Waals surface area contributed by atoms with Crippen molar-refractivity contribution in [2.75, 3.05) is 0 Å². The lowest BCUT2D eigenvalue weighted by Gasteiger charge is -2.22. The van der Waals surface area contributed by atoms with E-state index in [1.54, 1.807) is 0 Å². The summed E-state index contributed by atoms with van der Waals surface area (Å²) in [6, 6.07) is 5.66. The van der Waals surface area contributed by atoms with E-state index in [-0.39, 0.29) is 5.75 Å². The average molecular weight is 416 g/mol. The fourth-order valence-electron chi connectivity index (χ4n) is 2.28. The summed E-state index contributed by atoms with van der Waals surface area (Å²) in [5, 5.41) is 9.65. The molecule has 20 heavy (non-hydrogen) atoms. The molecule has 0 aromatic heterocycles. The first-order valence-electron chi connectivity index (χ1n) is 6.19. The van der Waals surface area contributed by atoms with Gasteiger partial charge < -0.3 is 19.8 Å². The molecule has 0 saturated heterocycles. The van der Waals surface area contributed by atoms with Crippen LogP contribution in [0.3, 0.4) is 0 Å². The molecular weight excluding hydrogens is 398 g/mol. The second-order valence-electron chi connectivity index (χ2n) is 4.64. The van der Waals surface area contributed by atoms with Gasteiger partial charge in [0.15, 0.2) is 21.2 Å². The SMILES string of the molecule is O=Ic1ccc(C2CCCCC2)cc1O.O=P(O)(O)O. The van der Waals surface area contributed by atoms with Crippen LogP contribution in [0.2, 0.25) is 0 Å². The number of phenols is 1. The Morgan fingerprint density at radius 2 is 1.65 bits per heavy atom. The third-order valence-electron chi connectivity index (χ3n) is 3.13. The van der Waals surface area contributed by atoms with Crippen molar-refractivity contribution in [3.8, 4) is 5.75 Å². The van der Waals surface area contributed by atoms with Gasteiger partial charge in [-0.1, -0.05) is 25.3 Å². The highest BCUT2D eigenvalue weighted by Crippen LogP contribution is 2.35. The maximum atomic E-state index is 10.8. The van der Waals surface area contributed by atoms with Crippen molar-refractivity contribution >= 4 is 29.0 Å². The molecule has 8 heteroatoms. The van der Waals surface area contributed by atoms with Crippen molar-refractivity contribution in [1.29, 1.82) is 0 Å². The lowest BCUT2D eigenvalue weighted by Crippen LogP contribution is -2.04. The van der Waals surface area contributed by atoms with Gasteiger partial charge in [0.2, 0.25) is 0 Å². The van der Waals surface area contributed by atoms with E-state index in [1.165, 1.54) is 37.7 Å². The molecule has 1 saturated carbocycles. The minimum atomic E-state index is -4.64. The fraction of sp³-hybridized carbons (Fsp3) is 0.500. The predicted molar refractivity (Wildman–Crippen MR) is 81.6 cm³/mol. The zero-order valence-electron chi connectivity index (χ0n) is 10.8. The molecule has 0 heterocycles. The van der Waals surface area contributed by atoms with Gasteiger partial charge in [0, 0.05) is 0 Å². The summed E-state index contributed by atoms with van der Waals surface area (Å²) < 4.78 is 20.3. The molecule has 0 unspecified atom stereocenters. The minimum Gasteiger partial charge on any atom is -0.507 e. The maximum Gasteiger partial charge on any atom is 0.466 e. The molecule has 1 fully saturated rings. The van der Waals surface area contributed by atoms with E-state index < -0.39 is 29.0 Å². The first kappa shape index (κ1) is 17.7. The number of hydrogen-bond donors (Lipinski definition) is 4. The number of hydrogen-bond acceptors (Lipinski definition) is 3. The highest BCUT2D eigenvalue weighted by molar-refractivity contribution is 14.1. The first-order valence-corrected chi connectivity index (χ1v) is 9.72. The molecule has 0 amide bonds. The summed E-state index contributed by atoms with van der Waals surface area (Å²) in [6.45, 7) is 0. The highest BCUT2D eigenvalue weighted by Gasteiger charge is 2.16. The summed E-state index contributed by atoms with van der Waals surface area (Å²) in [6.07, 6.45) is 6.38. The van der Waals surface area contributed by atoms with Crippen molar-refractivity contribution in [3.63, 3.8) is 0 Å². The first-order chi connectivity index (χ1) is 9.31. The Morgan fingerprint density at radius 1 is 1.10 bits per heavy atom. The Bertz CT molecular complexity index is 486. The van der Waals surface area contributed by atoms with E-state index in [0.29, 0.717) is 9.49 Å². The summed E-state index contributed by atoms with van der Waals surface area (Å²) >= 11 is -1.24. The molecule has 0 aliphatic heterocycles. The predicted octanol–water partition coefficient (Wildman–Crippen LogP) is 3.00. The normalized spacial score (nSPS) is 16.4. The fourth-order valence-corrected chi connectivity index (χ4v) is 2.99. The molecule has 6 nitrogen and oxygen atoms in total. The van der Waals surface area contributed by atoms with Crippen LogP contribution in [0.15, 0.2) is 18.2 Å². The number of phenolic OH excluding ortho intramolecular Hbond substituents is 1.